The molecule has 1 aliphatic heterocycles. The molecule has 1 atom stereocenters. The van der Waals surface area contributed by atoms with Gasteiger partial charge in [-0.3, -0.25) is 4.79 Å². The number of thioether (sulfide) groups is 1. The molecular formula is C18H21N5O2S3. The molecule has 1 N–H and O–H groups in total. The van der Waals surface area contributed by atoms with Crippen molar-refractivity contribution in [3.05, 3.63) is 29.3 Å². The Morgan fingerprint density at radius 1 is 1.36 bits per heavy atom. The van der Waals surface area contributed by atoms with Gasteiger partial charge in [-0.05, 0) is 25.0 Å². The highest BCUT2D eigenvalue weighted by molar-refractivity contribution is 8.01. The zero-order valence-electron chi connectivity index (χ0n) is 15.5. The molecule has 0 saturated carbocycles. The fourth-order valence-electron chi connectivity index (χ4n) is 2.86. The smallest absolute Gasteiger partial charge is 0.233 e. The van der Waals surface area contributed by atoms with E-state index < -0.39 is 0 Å². The minimum Gasteiger partial charge on any atom is -0.376 e. The molecule has 1 saturated heterocycles. The second kappa shape index (κ2) is 9.17. The predicted molar refractivity (Wildman–Crippen MR) is 114 cm³/mol. The van der Waals surface area contributed by atoms with Gasteiger partial charge in [0.1, 0.15) is 5.01 Å². The second-order valence-electron chi connectivity index (χ2n) is 6.50. The normalized spacial score (nSPS) is 16.5. The molecule has 1 amide bonds. The van der Waals surface area contributed by atoms with Crippen LogP contribution in [0.3, 0.4) is 0 Å². The van der Waals surface area contributed by atoms with E-state index in [1.165, 1.54) is 23.1 Å². The van der Waals surface area contributed by atoms with Crippen LogP contribution in [-0.4, -0.2) is 58.0 Å². The van der Waals surface area contributed by atoms with Gasteiger partial charge in [0.2, 0.25) is 11.0 Å². The van der Waals surface area contributed by atoms with Crippen molar-refractivity contribution in [3.63, 3.8) is 0 Å². The lowest BCUT2D eigenvalue weighted by Crippen LogP contribution is -2.27. The standard InChI is InChI=1S/C18H21N5O2S3/c1-23(10-15-20-13-6-2-3-7-14(13)27-15)16(24)11-26-18-22-21-17(28-18)19-9-12-5-4-8-25-12/h2-3,6-7,12H,4-5,8-11H2,1H3,(H,19,21). The Balaban J connectivity index is 1.24. The molecule has 148 valence electrons. The number of benzene rings is 1. The van der Waals surface area contributed by atoms with Gasteiger partial charge in [0, 0.05) is 20.2 Å². The predicted octanol–water partition coefficient (Wildman–Crippen LogP) is 3.49. The van der Waals surface area contributed by atoms with Gasteiger partial charge in [0.15, 0.2) is 4.34 Å². The van der Waals surface area contributed by atoms with Gasteiger partial charge in [-0.2, -0.15) is 0 Å². The van der Waals surface area contributed by atoms with E-state index in [-0.39, 0.29) is 12.0 Å². The Bertz CT molecular complexity index is 905. The number of anilines is 1. The molecule has 0 aliphatic carbocycles. The summed E-state index contributed by atoms with van der Waals surface area (Å²) in [7, 11) is 1.81. The van der Waals surface area contributed by atoms with Crippen LogP contribution < -0.4 is 5.32 Å². The lowest BCUT2D eigenvalue weighted by molar-refractivity contribution is -0.127. The number of hydrogen-bond donors (Lipinski definition) is 1. The number of ether oxygens (including phenoxy) is 1. The molecule has 1 aliphatic rings. The number of aromatic nitrogens is 3. The maximum absolute atomic E-state index is 12.4. The molecule has 0 bridgehead atoms. The number of fused-ring (bicyclic) bond motifs is 1. The van der Waals surface area contributed by atoms with Crippen molar-refractivity contribution in [2.24, 2.45) is 0 Å². The van der Waals surface area contributed by atoms with Crippen LogP contribution in [0, 0.1) is 0 Å². The minimum absolute atomic E-state index is 0.0494. The van der Waals surface area contributed by atoms with Crippen molar-refractivity contribution in [1.82, 2.24) is 20.1 Å². The average molecular weight is 436 g/mol. The van der Waals surface area contributed by atoms with E-state index in [1.54, 1.807) is 16.2 Å². The minimum atomic E-state index is 0.0494. The van der Waals surface area contributed by atoms with Crippen LogP contribution in [0.5, 0.6) is 0 Å². The zero-order chi connectivity index (χ0) is 19.3. The largest absolute Gasteiger partial charge is 0.376 e. The van der Waals surface area contributed by atoms with Gasteiger partial charge in [-0.15, -0.1) is 21.5 Å². The van der Waals surface area contributed by atoms with Gasteiger partial charge in [0.05, 0.1) is 28.6 Å². The number of nitrogens with one attached hydrogen (secondary N) is 1. The monoisotopic (exact) mass is 435 g/mol. The Labute approximate surface area is 175 Å². The highest BCUT2D eigenvalue weighted by Crippen LogP contribution is 2.27. The summed E-state index contributed by atoms with van der Waals surface area (Å²) in [5.41, 5.74) is 0.981. The van der Waals surface area contributed by atoms with E-state index in [1.807, 2.05) is 31.3 Å². The van der Waals surface area contributed by atoms with E-state index in [0.717, 1.165) is 50.7 Å². The third kappa shape index (κ3) is 4.99. The third-order valence-electron chi connectivity index (χ3n) is 4.37. The highest BCUT2D eigenvalue weighted by atomic mass is 32.2. The van der Waals surface area contributed by atoms with Crippen LogP contribution in [-0.2, 0) is 16.1 Å². The summed E-state index contributed by atoms with van der Waals surface area (Å²) in [5, 5.41) is 13.3. The molecule has 7 nitrogen and oxygen atoms in total. The summed E-state index contributed by atoms with van der Waals surface area (Å²) in [6.07, 6.45) is 2.47. The van der Waals surface area contributed by atoms with Gasteiger partial charge in [-0.1, -0.05) is 35.2 Å². The van der Waals surface area contributed by atoms with Crippen molar-refractivity contribution in [3.8, 4) is 0 Å². The van der Waals surface area contributed by atoms with Crippen LogP contribution in [0.25, 0.3) is 10.2 Å². The summed E-state index contributed by atoms with van der Waals surface area (Å²) in [6, 6.07) is 8.02. The Morgan fingerprint density at radius 3 is 3.07 bits per heavy atom. The lowest BCUT2D eigenvalue weighted by Gasteiger charge is -2.14. The SMILES string of the molecule is CN(Cc1nc2ccccc2s1)C(=O)CSc1nnc(NCC2CCCO2)s1. The molecule has 28 heavy (non-hydrogen) atoms. The van der Waals surface area contributed by atoms with E-state index >= 15 is 0 Å². The summed E-state index contributed by atoms with van der Waals surface area (Å²) in [5.74, 6) is 0.384. The highest BCUT2D eigenvalue weighted by Gasteiger charge is 2.17. The Hall–Kier alpha value is -1.75. The van der Waals surface area contributed by atoms with E-state index in [4.69, 9.17) is 4.74 Å². The fraction of sp³-hybridized carbons (Fsp3) is 0.444. The first-order valence-corrected chi connectivity index (χ1v) is 11.7. The topological polar surface area (TPSA) is 80.2 Å². The average Bonchev–Trinajstić information content (AvgIpc) is 3.44. The molecule has 0 spiro atoms. The number of amides is 1. The maximum Gasteiger partial charge on any atom is 0.233 e. The van der Waals surface area contributed by atoms with Gasteiger partial charge < -0.3 is 15.0 Å². The number of thiazole rings is 1. The van der Waals surface area contributed by atoms with Crippen LogP contribution in [0.1, 0.15) is 17.8 Å². The van der Waals surface area contributed by atoms with Crippen molar-refractivity contribution < 1.29 is 9.53 Å². The molecule has 2 aromatic heterocycles. The molecule has 1 aromatic carbocycles. The van der Waals surface area contributed by atoms with E-state index in [2.05, 4.69) is 20.5 Å². The number of para-hydroxylation sites is 1. The van der Waals surface area contributed by atoms with E-state index in [9.17, 15) is 4.79 Å². The molecule has 0 radical (unpaired) electrons. The first kappa shape index (κ1) is 19.6. The third-order valence-corrected chi connectivity index (χ3v) is 7.39. The quantitative estimate of drug-likeness (QED) is 0.543. The maximum atomic E-state index is 12.4. The number of hydrogen-bond acceptors (Lipinski definition) is 9. The molecule has 1 unspecified atom stereocenters. The van der Waals surface area contributed by atoms with Gasteiger partial charge >= 0.3 is 0 Å². The summed E-state index contributed by atoms with van der Waals surface area (Å²) in [6.45, 7) is 2.11. The lowest BCUT2D eigenvalue weighted by atomic mass is 10.2. The zero-order valence-corrected chi connectivity index (χ0v) is 17.9. The van der Waals surface area contributed by atoms with Crippen molar-refractivity contribution in [2.75, 3.05) is 31.3 Å². The van der Waals surface area contributed by atoms with Crippen LogP contribution >= 0.6 is 34.4 Å². The molecular weight excluding hydrogens is 414 g/mol. The summed E-state index contributed by atoms with van der Waals surface area (Å²) >= 11 is 4.51. The molecule has 3 heterocycles. The van der Waals surface area contributed by atoms with Gasteiger partial charge in [-0.25, -0.2) is 4.98 Å². The summed E-state index contributed by atoms with van der Waals surface area (Å²) in [4.78, 5) is 18.7. The van der Waals surface area contributed by atoms with Crippen molar-refractivity contribution in [1.29, 1.82) is 0 Å². The molecule has 3 aromatic rings. The number of carbonyl (C=O) groups excluding carboxylic acids is 1. The number of rotatable bonds is 8. The van der Waals surface area contributed by atoms with Crippen LogP contribution in [0.15, 0.2) is 28.6 Å². The Kier molecular flexibility index (Phi) is 6.40. The van der Waals surface area contributed by atoms with Crippen molar-refractivity contribution >= 4 is 55.7 Å². The van der Waals surface area contributed by atoms with Crippen LogP contribution in [0.2, 0.25) is 0 Å². The molecule has 1 fully saturated rings. The van der Waals surface area contributed by atoms with E-state index in [0.29, 0.717) is 12.3 Å². The number of nitrogens with zero attached hydrogens (tertiary/aromatic N) is 4. The first-order chi connectivity index (χ1) is 13.7. The van der Waals surface area contributed by atoms with Gasteiger partial charge in [0.25, 0.3) is 0 Å². The Morgan fingerprint density at radius 2 is 2.25 bits per heavy atom. The van der Waals surface area contributed by atoms with Crippen LogP contribution in [0.4, 0.5) is 5.13 Å². The number of carbonyl (C=O) groups is 1. The van der Waals surface area contributed by atoms with Crippen molar-refractivity contribution in [2.45, 2.75) is 29.8 Å². The molecule has 4 rings (SSSR count). The fourth-order valence-corrected chi connectivity index (χ4v) is 5.58. The molecule has 10 heteroatoms. The summed E-state index contributed by atoms with van der Waals surface area (Å²) < 4.78 is 7.52. The first-order valence-electron chi connectivity index (χ1n) is 9.07. The second-order valence-corrected chi connectivity index (χ2v) is 9.82.